The highest BCUT2D eigenvalue weighted by Gasteiger charge is 2.18. The van der Waals surface area contributed by atoms with Gasteiger partial charge in [-0.15, -0.1) is 10.2 Å². The summed E-state index contributed by atoms with van der Waals surface area (Å²) >= 11 is 2.73. The summed E-state index contributed by atoms with van der Waals surface area (Å²) in [5.41, 5.74) is 4.43. The third kappa shape index (κ3) is 6.04. The highest BCUT2D eigenvalue weighted by atomic mass is 32.2. The molecule has 1 aromatic heterocycles. The first-order valence-corrected chi connectivity index (χ1v) is 11.0. The minimum atomic E-state index is -0.325. The molecule has 0 bridgehead atoms. The summed E-state index contributed by atoms with van der Waals surface area (Å²) in [4.78, 5) is 23.8. The number of rotatable bonds is 7. The predicted octanol–water partition coefficient (Wildman–Crippen LogP) is 4.98. The molecule has 0 fully saturated rings. The van der Waals surface area contributed by atoms with Crippen molar-refractivity contribution >= 4 is 57.1 Å². The van der Waals surface area contributed by atoms with E-state index in [1.807, 2.05) is 63.2 Å². The Balaban J connectivity index is 1.60. The first-order valence-electron chi connectivity index (χ1n) is 9.33. The van der Waals surface area contributed by atoms with Crippen LogP contribution in [0.5, 0.6) is 0 Å². The van der Waals surface area contributed by atoms with Crippen molar-refractivity contribution in [2.24, 2.45) is 0 Å². The van der Waals surface area contributed by atoms with Crippen molar-refractivity contribution in [1.29, 1.82) is 0 Å². The monoisotopic (exact) mass is 441 g/mol. The SMILES string of the molecule is CC(=O)Nc1cccc(Nc2nnc(SC(C)C(=O)Nc3cc(C)ccc3C)s2)c1. The Hall–Kier alpha value is -2.91. The van der Waals surface area contributed by atoms with Gasteiger partial charge in [0.15, 0.2) is 4.34 Å². The van der Waals surface area contributed by atoms with Gasteiger partial charge in [0.2, 0.25) is 16.9 Å². The number of anilines is 4. The van der Waals surface area contributed by atoms with Crippen LogP contribution in [0.25, 0.3) is 0 Å². The van der Waals surface area contributed by atoms with E-state index in [1.54, 1.807) is 0 Å². The summed E-state index contributed by atoms with van der Waals surface area (Å²) in [6.07, 6.45) is 0. The van der Waals surface area contributed by atoms with E-state index in [0.29, 0.717) is 15.2 Å². The van der Waals surface area contributed by atoms with Crippen LogP contribution in [-0.2, 0) is 9.59 Å². The molecule has 0 saturated heterocycles. The summed E-state index contributed by atoms with van der Waals surface area (Å²) in [5.74, 6) is -0.212. The van der Waals surface area contributed by atoms with Crippen LogP contribution in [0.15, 0.2) is 46.8 Å². The van der Waals surface area contributed by atoms with Gasteiger partial charge < -0.3 is 16.0 Å². The fourth-order valence-electron chi connectivity index (χ4n) is 2.62. The van der Waals surface area contributed by atoms with Crippen LogP contribution in [-0.4, -0.2) is 27.3 Å². The van der Waals surface area contributed by atoms with Crippen molar-refractivity contribution in [3.63, 3.8) is 0 Å². The Bertz CT molecular complexity index is 1070. The van der Waals surface area contributed by atoms with Crippen LogP contribution >= 0.6 is 23.1 Å². The lowest BCUT2D eigenvalue weighted by atomic mass is 10.1. The number of nitrogens with zero attached hydrogens (tertiary/aromatic N) is 2. The van der Waals surface area contributed by atoms with Gasteiger partial charge in [0.05, 0.1) is 5.25 Å². The molecule has 1 unspecified atom stereocenters. The molecule has 0 radical (unpaired) electrons. The van der Waals surface area contributed by atoms with Crippen molar-refractivity contribution in [1.82, 2.24) is 10.2 Å². The fraction of sp³-hybridized carbons (Fsp3) is 0.238. The molecule has 156 valence electrons. The highest BCUT2D eigenvalue weighted by Crippen LogP contribution is 2.31. The maximum Gasteiger partial charge on any atom is 0.237 e. The Kier molecular flexibility index (Phi) is 7.07. The second kappa shape index (κ2) is 9.73. The highest BCUT2D eigenvalue weighted by molar-refractivity contribution is 8.02. The molecule has 7 nitrogen and oxygen atoms in total. The van der Waals surface area contributed by atoms with E-state index in [9.17, 15) is 9.59 Å². The van der Waals surface area contributed by atoms with E-state index < -0.39 is 0 Å². The molecule has 1 atom stereocenters. The van der Waals surface area contributed by atoms with E-state index in [-0.39, 0.29) is 17.1 Å². The molecule has 9 heteroatoms. The maximum absolute atomic E-state index is 12.6. The number of carbonyl (C=O) groups is 2. The Morgan fingerprint density at radius 2 is 1.80 bits per heavy atom. The van der Waals surface area contributed by atoms with Crippen LogP contribution in [0, 0.1) is 13.8 Å². The van der Waals surface area contributed by atoms with Crippen molar-refractivity contribution < 1.29 is 9.59 Å². The van der Waals surface area contributed by atoms with Crippen molar-refractivity contribution in [3.8, 4) is 0 Å². The molecule has 3 N–H and O–H groups in total. The summed E-state index contributed by atoms with van der Waals surface area (Å²) < 4.78 is 0.694. The lowest BCUT2D eigenvalue weighted by Gasteiger charge is -2.12. The van der Waals surface area contributed by atoms with Crippen LogP contribution in [0.1, 0.15) is 25.0 Å². The van der Waals surface area contributed by atoms with Crippen LogP contribution < -0.4 is 16.0 Å². The molecule has 0 aliphatic heterocycles. The molecule has 3 aromatic rings. The molecule has 30 heavy (non-hydrogen) atoms. The van der Waals surface area contributed by atoms with Gasteiger partial charge in [0, 0.05) is 24.0 Å². The number of nitrogens with one attached hydrogen (secondary N) is 3. The smallest absolute Gasteiger partial charge is 0.237 e. The van der Waals surface area contributed by atoms with Gasteiger partial charge in [-0.05, 0) is 56.2 Å². The average Bonchev–Trinajstić information content (AvgIpc) is 3.11. The number of hydrogen-bond acceptors (Lipinski definition) is 7. The molecule has 1 heterocycles. The zero-order valence-electron chi connectivity index (χ0n) is 17.1. The number of aromatic nitrogens is 2. The first kappa shape index (κ1) is 21.8. The quantitative estimate of drug-likeness (QED) is 0.448. The number of hydrogen-bond donors (Lipinski definition) is 3. The minimum Gasteiger partial charge on any atom is -0.330 e. The van der Waals surface area contributed by atoms with Gasteiger partial charge in [-0.25, -0.2) is 0 Å². The van der Waals surface area contributed by atoms with Crippen LogP contribution in [0.2, 0.25) is 0 Å². The lowest BCUT2D eigenvalue weighted by Crippen LogP contribution is -2.22. The predicted molar refractivity (Wildman–Crippen MR) is 124 cm³/mol. The Labute approximate surface area is 183 Å². The van der Waals surface area contributed by atoms with Crippen LogP contribution in [0.4, 0.5) is 22.2 Å². The molecular formula is C21H23N5O2S2. The summed E-state index contributed by atoms with van der Waals surface area (Å²) in [6, 6.07) is 13.3. The third-order valence-electron chi connectivity index (χ3n) is 4.14. The van der Waals surface area contributed by atoms with Gasteiger partial charge in [-0.3, -0.25) is 9.59 Å². The van der Waals surface area contributed by atoms with E-state index in [0.717, 1.165) is 22.5 Å². The van der Waals surface area contributed by atoms with E-state index in [1.165, 1.54) is 30.0 Å². The third-order valence-corrected chi connectivity index (χ3v) is 6.16. The maximum atomic E-state index is 12.6. The number of benzene rings is 2. The summed E-state index contributed by atoms with van der Waals surface area (Å²) in [5, 5.41) is 17.5. The minimum absolute atomic E-state index is 0.0820. The number of thioether (sulfide) groups is 1. The lowest BCUT2D eigenvalue weighted by molar-refractivity contribution is -0.115. The Morgan fingerprint density at radius 1 is 1.03 bits per heavy atom. The number of amides is 2. The van der Waals surface area contributed by atoms with E-state index >= 15 is 0 Å². The second-order valence-corrected chi connectivity index (χ2v) is 9.39. The van der Waals surface area contributed by atoms with Crippen molar-refractivity contribution in [3.05, 3.63) is 53.6 Å². The standard InChI is InChI=1S/C21H23N5O2S2/c1-12-8-9-13(2)18(10-12)24-19(28)14(3)29-21-26-25-20(30-21)23-17-7-5-6-16(11-17)22-15(4)27/h5-11,14H,1-4H3,(H,22,27)(H,23,25)(H,24,28). The van der Waals surface area contributed by atoms with E-state index in [2.05, 4.69) is 26.1 Å². The van der Waals surface area contributed by atoms with E-state index in [4.69, 9.17) is 0 Å². The van der Waals surface area contributed by atoms with Gasteiger partial charge in [0.1, 0.15) is 0 Å². The zero-order valence-corrected chi connectivity index (χ0v) is 18.8. The fourth-order valence-corrected chi connectivity index (χ4v) is 4.54. The van der Waals surface area contributed by atoms with Gasteiger partial charge in [0.25, 0.3) is 0 Å². The summed E-state index contributed by atoms with van der Waals surface area (Å²) in [7, 11) is 0. The largest absolute Gasteiger partial charge is 0.330 e. The molecule has 2 aromatic carbocycles. The summed E-state index contributed by atoms with van der Waals surface area (Å²) in [6.45, 7) is 7.27. The molecule has 0 aliphatic rings. The zero-order chi connectivity index (χ0) is 21.7. The molecule has 3 rings (SSSR count). The number of carbonyl (C=O) groups excluding carboxylic acids is 2. The van der Waals surface area contributed by atoms with Crippen molar-refractivity contribution in [2.45, 2.75) is 37.3 Å². The van der Waals surface area contributed by atoms with Gasteiger partial charge >= 0.3 is 0 Å². The average molecular weight is 442 g/mol. The van der Waals surface area contributed by atoms with Crippen molar-refractivity contribution in [2.75, 3.05) is 16.0 Å². The van der Waals surface area contributed by atoms with Gasteiger partial charge in [-0.1, -0.05) is 41.3 Å². The molecule has 2 amide bonds. The first-order chi connectivity index (χ1) is 14.3. The van der Waals surface area contributed by atoms with Gasteiger partial charge in [-0.2, -0.15) is 0 Å². The molecule has 0 spiro atoms. The molecule has 0 aliphatic carbocycles. The number of aryl methyl sites for hydroxylation is 2. The molecule has 0 saturated carbocycles. The Morgan fingerprint density at radius 3 is 2.57 bits per heavy atom. The van der Waals surface area contributed by atoms with Crippen LogP contribution in [0.3, 0.4) is 0 Å². The normalized spacial score (nSPS) is 11.6. The second-order valence-electron chi connectivity index (χ2n) is 6.83. The topological polar surface area (TPSA) is 96.0 Å². The molecular weight excluding hydrogens is 418 g/mol.